The smallest absolute Gasteiger partial charge is 0.139 e. The van der Waals surface area contributed by atoms with E-state index in [1.807, 2.05) is 12.3 Å². The summed E-state index contributed by atoms with van der Waals surface area (Å²) in [6.45, 7) is 0. The second-order valence-electron chi connectivity index (χ2n) is 4.85. The minimum absolute atomic E-state index is 0.365. The second-order valence-corrected chi connectivity index (χ2v) is 4.85. The Labute approximate surface area is 95.5 Å². The van der Waals surface area contributed by atoms with Gasteiger partial charge in [-0.3, -0.25) is 0 Å². The lowest BCUT2D eigenvalue weighted by Gasteiger charge is -2.12. The van der Waals surface area contributed by atoms with Gasteiger partial charge in [0.1, 0.15) is 5.65 Å². The number of nitrogens with zero attached hydrogens (tertiary/aromatic N) is 2. The number of aromatic nitrogens is 2. The molecule has 0 aromatic carbocycles. The molecule has 2 heterocycles. The molecule has 1 aliphatic rings. The molecule has 0 unspecified atom stereocenters. The van der Waals surface area contributed by atoms with Gasteiger partial charge in [0.15, 0.2) is 0 Å². The van der Waals surface area contributed by atoms with Crippen molar-refractivity contribution >= 4 is 11.0 Å². The average molecular weight is 215 g/mol. The summed E-state index contributed by atoms with van der Waals surface area (Å²) in [6, 6.07) is 4.19. The Hall–Kier alpha value is -1.35. The summed E-state index contributed by atoms with van der Waals surface area (Å²) in [7, 11) is 4.13. The Morgan fingerprint density at radius 3 is 3.00 bits per heavy atom. The molecule has 0 radical (unpaired) electrons. The first-order valence-corrected chi connectivity index (χ1v) is 5.82. The third-order valence-electron chi connectivity index (χ3n) is 3.73. The molecular weight excluding hydrogens is 198 g/mol. The lowest BCUT2D eigenvalue weighted by molar-refractivity contribution is 0.550. The first kappa shape index (κ1) is 9.85. The van der Waals surface area contributed by atoms with E-state index in [9.17, 15) is 0 Å². The fraction of sp³-hybridized carbons (Fsp3) is 0.462. The molecule has 1 N–H and O–H groups in total. The molecule has 16 heavy (non-hydrogen) atoms. The van der Waals surface area contributed by atoms with Crippen LogP contribution < -0.4 is 5.32 Å². The Morgan fingerprint density at radius 1 is 1.50 bits per heavy atom. The number of pyridine rings is 1. The summed E-state index contributed by atoms with van der Waals surface area (Å²) in [4.78, 5) is 4.42. The normalized spacial score (nSPS) is 17.9. The molecule has 1 fully saturated rings. The van der Waals surface area contributed by atoms with Gasteiger partial charge in [-0.25, -0.2) is 4.98 Å². The van der Waals surface area contributed by atoms with E-state index in [-0.39, 0.29) is 0 Å². The highest BCUT2D eigenvalue weighted by Crippen LogP contribution is 2.39. The summed E-state index contributed by atoms with van der Waals surface area (Å²) in [5.41, 5.74) is 2.87. The summed E-state index contributed by atoms with van der Waals surface area (Å²) >= 11 is 0. The van der Waals surface area contributed by atoms with Crippen molar-refractivity contribution in [3.8, 4) is 0 Å². The molecular formula is C13H17N3. The zero-order valence-electron chi connectivity index (χ0n) is 9.83. The van der Waals surface area contributed by atoms with Gasteiger partial charge in [-0.05, 0) is 44.0 Å². The van der Waals surface area contributed by atoms with E-state index in [0.717, 1.165) is 12.1 Å². The number of rotatable bonds is 3. The molecule has 2 aromatic heterocycles. The molecule has 0 aliphatic heterocycles. The van der Waals surface area contributed by atoms with Crippen molar-refractivity contribution < 1.29 is 0 Å². The van der Waals surface area contributed by atoms with Crippen LogP contribution in [0.25, 0.3) is 11.0 Å². The van der Waals surface area contributed by atoms with Crippen LogP contribution in [-0.2, 0) is 13.5 Å². The zero-order valence-corrected chi connectivity index (χ0v) is 9.83. The van der Waals surface area contributed by atoms with Crippen LogP contribution in [0.2, 0.25) is 0 Å². The van der Waals surface area contributed by atoms with Gasteiger partial charge < -0.3 is 9.88 Å². The molecule has 0 amide bonds. The van der Waals surface area contributed by atoms with Gasteiger partial charge in [0.2, 0.25) is 0 Å². The van der Waals surface area contributed by atoms with Gasteiger partial charge in [-0.1, -0.05) is 0 Å². The monoisotopic (exact) mass is 215 g/mol. The lowest BCUT2D eigenvalue weighted by Crippen LogP contribution is -2.29. The average Bonchev–Trinajstić information content (AvgIpc) is 3.02. The van der Waals surface area contributed by atoms with E-state index in [0.29, 0.717) is 5.54 Å². The van der Waals surface area contributed by atoms with E-state index in [4.69, 9.17) is 0 Å². The molecule has 2 aromatic rings. The van der Waals surface area contributed by atoms with E-state index in [1.165, 1.54) is 23.8 Å². The number of aryl methyl sites for hydroxylation is 1. The van der Waals surface area contributed by atoms with Crippen LogP contribution in [0.1, 0.15) is 18.4 Å². The van der Waals surface area contributed by atoms with E-state index >= 15 is 0 Å². The highest BCUT2D eigenvalue weighted by molar-refractivity contribution is 5.80. The van der Waals surface area contributed by atoms with Gasteiger partial charge in [0.05, 0.1) is 0 Å². The fourth-order valence-corrected chi connectivity index (χ4v) is 2.46. The van der Waals surface area contributed by atoms with Crippen molar-refractivity contribution in [3.63, 3.8) is 0 Å². The van der Waals surface area contributed by atoms with Crippen molar-refractivity contribution in [3.05, 3.63) is 30.1 Å². The molecule has 3 rings (SSSR count). The molecule has 0 atom stereocenters. The number of hydrogen-bond acceptors (Lipinski definition) is 2. The predicted octanol–water partition coefficient (Wildman–Crippen LogP) is 1.87. The zero-order chi connectivity index (χ0) is 11.2. The maximum atomic E-state index is 4.42. The number of hydrogen-bond donors (Lipinski definition) is 1. The molecule has 1 aliphatic carbocycles. The van der Waals surface area contributed by atoms with Crippen molar-refractivity contribution in [1.29, 1.82) is 0 Å². The minimum Gasteiger partial charge on any atom is -0.335 e. The fourth-order valence-electron chi connectivity index (χ4n) is 2.46. The predicted molar refractivity (Wildman–Crippen MR) is 65.4 cm³/mol. The number of likely N-dealkylation sites (N-methyl/N-ethyl adjacent to an activating group) is 1. The van der Waals surface area contributed by atoms with Gasteiger partial charge in [-0.2, -0.15) is 0 Å². The van der Waals surface area contributed by atoms with Crippen molar-refractivity contribution in [1.82, 2.24) is 14.9 Å². The largest absolute Gasteiger partial charge is 0.335 e. The summed E-state index contributed by atoms with van der Waals surface area (Å²) < 4.78 is 2.12. The van der Waals surface area contributed by atoms with Gasteiger partial charge >= 0.3 is 0 Å². The first-order valence-electron chi connectivity index (χ1n) is 5.82. The number of nitrogens with one attached hydrogen (secondary N) is 1. The third-order valence-corrected chi connectivity index (χ3v) is 3.73. The first-order chi connectivity index (χ1) is 7.74. The summed E-state index contributed by atoms with van der Waals surface area (Å²) in [6.07, 6.45) is 7.78. The molecule has 84 valence electrons. The maximum absolute atomic E-state index is 4.42. The SMILES string of the molecule is CNC1(Cc2cn(C)c3ncccc23)CC1. The van der Waals surface area contributed by atoms with Crippen LogP contribution >= 0.6 is 0 Å². The van der Waals surface area contributed by atoms with Gasteiger partial charge in [-0.15, -0.1) is 0 Å². The van der Waals surface area contributed by atoms with Crippen molar-refractivity contribution in [2.24, 2.45) is 7.05 Å². The second kappa shape index (κ2) is 3.32. The Balaban J connectivity index is 2.04. The standard InChI is InChI=1S/C13H17N3/c1-14-13(5-6-13)8-10-9-16(2)12-11(10)4-3-7-15-12/h3-4,7,9,14H,5-6,8H2,1-2H3. The summed E-state index contributed by atoms with van der Waals surface area (Å²) in [5, 5.41) is 4.74. The number of fused-ring (bicyclic) bond motifs is 1. The van der Waals surface area contributed by atoms with E-state index < -0.39 is 0 Å². The van der Waals surface area contributed by atoms with Gasteiger partial charge in [0, 0.05) is 30.4 Å². The van der Waals surface area contributed by atoms with Crippen LogP contribution in [-0.4, -0.2) is 22.1 Å². The highest BCUT2D eigenvalue weighted by Gasteiger charge is 2.41. The van der Waals surface area contributed by atoms with Crippen LogP contribution in [0.15, 0.2) is 24.5 Å². The molecule has 3 nitrogen and oxygen atoms in total. The Bertz CT molecular complexity index is 523. The van der Waals surface area contributed by atoms with Crippen LogP contribution in [0.5, 0.6) is 0 Å². The highest BCUT2D eigenvalue weighted by atomic mass is 15.0. The molecule has 0 saturated heterocycles. The molecule has 3 heteroatoms. The van der Waals surface area contributed by atoms with Crippen LogP contribution in [0.3, 0.4) is 0 Å². The van der Waals surface area contributed by atoms with Crippen molar-refractivity contribution in [2.45, 2.75) is 24.8 Å². The van der Waals surface area contributed by atoms with Gasteiger partial charge in [0.25, 0.3) is 0 Å². The van der Waals surface area contributed by atoms with Crippen LogP contribution in [0.4, 0.5) is 0 Å². The van der Waals surface area contributed by atoms with E-state index in [1.54, 1.807) is 0 Å². The van der Waals surface area contributed by atoms with Crippen LogP contribution in [0, 0.1) is 0 Å². The van der Waals surface area contributed by atoms with E-state index in [2.05, 4.69) is 41.2 Å². The Morgan fingerprint density at radius 2 is 2.31 bits per heavy atom. The summed E-state index contributed by atoms with van der Waals surface area (Å²) in [5.74, 6) is 0. The molecule has 1 saturated carbocycles. The molecule has 0 bridgehead atoms. The third kappa shape index (κ3) is 1.43. The minimum atomic E-state index is 0.365. The maximum Gasteiger partial charge on any atom is 0.139 e. The lowest BCUT2D eigenvalue weighted by atomic mass is 10.0. The topological polar surface area (TPSA) is 29.9 Å². The quantitative estimate of drug-likeness (QED) is 0.847. The van der Waals surface area contributed by atoms with Crippen molar-refractivity contribution in [2.75, 3.05) is 7.05 Å². The molecule has 0 spiro atoms. The Kier molecular flexibility index (Phi) is 2.04.